The third-order valence-electron chi connectivity index (χ3n) is 2.55. The van der Waals surface area contributed by atoms with E-state index in [4.69, 9.17) is 0 Å². The van der Waals surface area contributed by atoms with Crippen LogP contribution in [0.1, 0.15) is 12.8 Å². The van der Waals surface area contributed by atoms with E-state index in [-0.39, 0.29) is 0 Å². The van der Waals surface area contributed by atoms with Crippen LogP contribution in [-0.4, -0.2) is 29.9 Å². The highest BCUT2D eigenvalue weighted by Gasteiger charge is 2.33. The maximum atomic E-state index is 11.4. The first-order valence-corrected chi connectivity index (χ1v) is 5.37. The predicted molar refractivity (Wildman–Crippen MR) is 46.8 cm³/mol. The van der Waals surface area contributed by atoms with Crippen LogP contribution < -0.4 is 5.32 Å². The highest BCUT2D eigenvalue weighted by atomic mass is 32.2. The second-order valence-corrected chi connectivity index (χ2v) is 4.40. The Morgan fingerprint density at radius 2 is 2.45 bits per heavy atom. The minimum atomic E-state index is 0.336. The zero-order chi connectivity index (χ0) is 7.68. The van der Waals surface area contributed by atoms with Crippen LogP contribution in [0.2, 0.25) is 0 Å². The van der Waals surface area contributed by atoms with Gasteiger partial charge < -0.3 is 5.32 Å². The van der Waals surface area contributed by atoms with Crippen LogP contribution >= 0.6 is 11.8 Å². The van der Waals surface area contributed by atoms with E-state index < -0.39 is 0 Å². The number of Topliss-reactive ketones (excluding diaryl/α,β-unsaturated/α-hetero) is 1. The number of hydrogen-bond acceptors (Lipinski definition) is 3. The summed E-state index contributed by atoms with van der Waals surface area (Å²) in [5, 5.41) is 3.42. The van der Waals surface area contributed by atoms with Crippen LogP contribution in [0.25, 0.3) is 0 Å². The predicted octanol–water partition coefficient (Wildman–Crippen LogP) is 0.671. The molecule has 2 aliphatic rings. The molecule has 0 spiro atoms. The van der Waals surface area contributed by atoms with Crippen LogP contribution in [-0.2, 0) is 4.79 Å². The van der Waals surface area contributed by atoms with Crippen LogP contribution in [0.3, 0.4) is 0 Å². The Morgan fingerprint density at radius 3 is 3.27 bits per heavy atom. The van der Waals surface area contributed by atoms with Crippen molar-refractivity contribution in [2.24, 2.45) is 5.92 Å². The van der Waals surface area contributed by atoms with Gasteiger partial charge in [0.05, 0.1) is 0 Å². The van der Waals surface area contributed by atoms with Crippen LogP contribution in [0, 0.1) is 5.92 Å². The van der Waals surface area contributed by atoms with Crippen molar-refractivity contribution >= 4 is 17.5 Å². The van der Waals surface area contributed by atoms with Gasteiger partial charge in [-0.05, 0) is 12.2 Å². The first-order chi connectivity index (χ1) is 5.38. The maximum Gasteiger partial charge on any atom is 0.139 e. The van der Waals surface area contributed by atoms with E-state index in [0.29, 0.717) is 17.7 Å². The lowest BCUT2D eigenvalue weighted by molar-refractivity contribution is -0.124. The zero-order valence-corrected chi connectivity index (χ0v) is 7.32. The Morgan fingerprint density at radius 1 is 1.55 bits per heavy atom. The molecule has 2 saturated heterocycles. The summed E-state index contributed by atoms with van der Waals surface area (Å²) in [6.45, 7) is 0.907. The molecular formula is C8H13NOS. The molecule has 62 valence electrons. The molecule has 2 rings (SSSR count). The molecule has 11 heavy (non-hydrogen) atoms. The summed E-state index contributed by atoms with van der Waals surface area (Å²) in [7, 11) is 0. The van der Waals surface area contributed by atoms with Gasteiger partial charge in [-0.1, -0.05) is 0 Å². The average molecular weight is 171 g/mol. The average Bonchev–Trinajstić information content (AvgIpc) is 2.06. The van der Waals surface area contributed by atoms with Crippen molar-refractivity contribution < 1.29 is 4.79 Å². The number of carbonyl (C=O) groups excluding carboxylic acids is 1. The topological polar surface area (TPSA) is 29.1 Å². The summed E-state index contributed by atoms with van der Waals surface area (Å²) in [6, 6.07) is 0.512. The molecule has 0 amide bonds. The van der Waals surface area contributed by atoms with E-state index in [1.165, 1.54) is 12.2 Å². The molecular weight excluding hydrogens is 158 g/mol. The van der Waals surface area contributed by atoms with Gasteiger partial charge in [0, 0.05) is 30.7 Å². The van der Waals surface area contributed by atoms with Crippen LogP contribution in [0.4, 0.5) is 0 Å². The molecule has 0 aromatic rings. The SMILES string of the molecule is O=C1CCNC2CCSCC12. The molecule has 2 unspecified atom stereocenters. The van der Waals surface area contributed by atoms with Gasteiger partial charge in [-0.15, -0.1) is 0 Å². The highest BCUT2D eigenvalue weighted by molar-refractivity contribution is 7.99. The van der Waals surface area contributed by atoms with Crippen molar-refractivity contribution in [3.63, 3.8) is 0 Å². The molecule has 1 N–H and O–H groups in total. The van der Waals surface area contributed by atoms with E-state index in [9.17, 15) is 4.79 Å². The molecule has 2 fully saturated rings. The third-order valence-corrected chi connectivity index (χ3v) is 3.67. The molecule has 2 aliphatic heterocycles. The molecule has 0 bridgehead atoms. The Bertz CT molecular complexity index is 169. The fraction of sp³-hybridized carbons (Fsp3) is 0.875. The molecule has 0 saturated carbocycles. The lowest BCUT2D eigenvalue weighted by Crippen LogP contribution is -2.49. The number of thioether (sulfide) groups is 1. The quantitative estimate of drug-likeness (QED) is 0.581. The number of hydrogen-bond donors (Lipinski definition) is 1. The van der Waals surface area contributed by atoms with Gasteiger partial charge in [0.15, 0.2) is 0 Å². The number of fused-ring (bicyclic) bond motifs is 1. The van der Waals surface area contributed by atoms with Crippen molar-refractivity contribution in [2.75, 3.05) is 18.1 Å². The summed E-state index contributed by atoms with van der Waals surface area (Å²) < 4.78 is 0. The normalized spacial score (nSPS) is 38.4. The van der Waals surface area contributed by atoms with E-state index >= 15 is 0 Å². The Labute approximate surface area is 71.1 Å². The van der Waals surface area contributed by atoms with Crippen molar-refractivity contribution in [3.05, 3.63) is 0 Å². The van der Waals surface area contributed by atoms with Crippen molar-refractivity contribution in [2.45, 2.75) is 18.9 Å². The molecule has 0 aromatic carbocycles. The van der Waals surface area contributed by atoms with E-state index in [1.54, 1.807) is 0 Å². The number of rotatable bonds is 0. The van der Waals surface area contributed by atoms with Crippen molar-refractivity contribution in [1.29, 1.82) is 0 Å². The highest BCUT2D eigenvalue weighted by Crippen LogP contribution is 2.26. The first-order valence-electron chi connectivity index (χ1n) is 4.22. The van der Waals surface area contributed by atoms with Gasteiger partial charge in [-0.3, -0.25) is 4.79 Å². The summed E-state index contributed by atoms with van der Waals surface area (Å²) in [4.78, 5) is 11.4. The number of nitrogens with one attached hydrogen (secondary N) is 1. The number of ketones is 1. The largest absolute Gasteiger partial charge is 0.313 e. The monoisotopic (exact) mass is 171 g/mol. The lowest BCUT2D eigenvalue weighted by Gasteiger charge is -2.34. The van der Waals surface area contributed by atoms with Crippen molar-refractivity contribution in [3.8, 4) is 0 Å². The molecule has 0 aromatic heterocycles. The summed E-state index contributed by atoms with van der Waals surface area (Å²) in [5.41, 5.74) is 0. The minimum absolute atomic E-state index is 0.336. The third kappa shape index (κ3) is 1.44. The van der Waals surface area contributed by atoms with Crippen molar-refractivity contribution in [1.82, 2.24) is 5.32 Å². The Hall–Kier alpha value is -0.0200. The minimum Gasteiger partial charge on any atom is -0.313 e. The summed E-state index contributed by atoms with van der Waals surface area (Å²) >= 11 is 1.92. The first kappa shape index (κ1) is 7.62. The molecule has 0 aliphatic carbocycles. The fourth-order valence-electron chi connectivity index (χ4n) is 1.87. The Balaban J connectivity index is 2.05. The smallest absolute Gasteiger partial charge is 0.139 e. The summed E-state index contributed by atoms with van der Waals surface area (Å²) in [5.74, 6) is 3.10. The molecule has 2 atom stereocenters. The number of piperidine rings is 1. The number of carbonyl (C=O) groups is 1. The van der Waals surface area contributed by atoms with Gasteiger partial charge in [0.25, 0.3) is 0 Å². The standard InChI is InChI=1S/C8H13NOS/c10-8-1-3-9-7-2-4-11-5-6(7)8/h6-7,9H,1-5H2. The maximum absolute atomic E-state index is 11.4. The Kier molecular flexibility index (Phi) is 2.18. The van der Waals surface area contributed by atoms with E-state index in [0.717, 1.165) is 18.7 Å². The van der Waals surface area contributed by atoms with Crippen LogP contribution in [0.15, 0.2) is 0 Å². The zero-order valence-electron chi connectivity index (χ0n) is 6.51. The molecule has 2 heterocycles. The van der Waals surface area contributed by atoms with Gasteiger partial charge in [0.1, 0.15) is 5.78 Å². The lowest BCUT2D eigenvalue weighted by atomic mass is 9.89. The fourth-order valence-corrected chi connectivity index (χ4v) is 3.13. The van der Waals surface area contributed by atoms with E-state index in [1.807, 2.05) is 11.8 Å². The van der Waals surface area contributed by atoms with Crippen LogP contribution in [0.5, 0.6) is 0 Å². The second-order valence-electron chi connectivity index (χ2n) is 3.25. The second kappa shape index (κ2) is 3.15. The van der Waals surface area contributed by atoms with Gasteiger partial charge in [0.2, 0.25) is 0 Å². The van der Waals surface area contributed by atoms with Gasteiger partial charge in [-0.2, -0.15) is 11.8 Å². The van der Waals surface area contributed by atoms with Gasteiger partial charge >= 0.3 is 0 Å². The molecule has 3 heteroatoms. The summed E-state index contributed by atoms with van der Waals surface area (Å²) in [6.07, 6.45) is 1.93. The van der Waals surface area contributed by atoms with E-state index in [2.05, 4.69) is 5.32 Å². The molecule has 2 nitrogen and oxygen atoms in total. The molecule has 0 radical (unpaired) electrons. The van der Waals surface area contributed by atoms with Gasteiger partial charge in [-0.25, -0.2) is 0 Å².